The van der Waals surface area contributed by atoms with E-state index in [1.807, 2.05) is 13.8 Å². The molecule has 0 saturated heterocycles. The van der Waals surface area contributed by atoms with Crippen molar-refractivity contribution in [2.75, 3.05) is 6.54 Å². The molecule has 1 aromatic rings. The average Bonchev–Trinajstić information content (AvgIpc) is 2.86. The van der Waals surface area contributed by atoms with E-state index in [2.05, 4.69) is 10.6 Å². The number of benzene rings is 1. The highest BCUT2D eigenvalue weighted by Gasteiger charge is 2.24. The van der Waals surface area contributed by atoms with Crippen molar-refractivity contribution >= 4 is 6.03 Å². The fourth-order valence-corrected chi connectivity index (χ4v) is 2.60. The highest BCUT2D eigenvalue weighted by molar-refractivity contribution is 5.74. The van der Waals surface area contributed by atoms with Gasteiger partial charge in [-0.1, -0.05) is 26.3 Å². The Bertz CT molecular complexity index is 507. The number of carbonyl (C=O) groups is 1. The first-order chi connectivity index (χ1) is 10.0. The molecule has 1 aliphatic carbocycles. The molecule has 0 aliphatic heterocycles. The summed E-state index contributed by atoms with van der Waals surface area (Å²) >= 11 is 0. The fraction of sp³-hybridized carbons (Fsp3) is 0.562. The van der Waals surface area contributed by atoms with Crippen LogP contribution in [0.3, 0.4) is 0 Å². The molecule has 0 saturated carbocycles. The van der Waals surface area contributed by atoms with Crippen LogP contribution in [0, 0.1) is 11.7 Å². The van der Waals surface area contributed by atoms with E-state index >= 15 is 0 Å². The van der Waals surface area contributed by atoms with E-state index in [-0.39, 0.29) is 30.4 Å². The van der Waals surface area contributed by atoms with E-state index < -0.39 is 6.10 Å². The van der Waals surface area contributed by atoms with Crippen LogP contribution in [-0.4, -0.2) is 23.8 Å². The second-order valence-corrected chi connectivity index (χ2v) is 5.74. The summed E-state index contributed by atoms with van der Waals surface area (Å²) < 4.78 is 13.3. The number of carbonyl (C=O) groups excluding carboxylic acids is 1. The summed E-state index contributed by atoms with van der Waals surface area (Å²) in [7, 11) is 0. The summed E-state index contributed by atoms with van der Waals surface area (Å²) in [6, 6.07) is 4.23. The summed E-state index contributed by atoms with van der Waals surface area (Å²) in [6.07, 6.45) is 1.93. The zero-order valence-corrected chi connectivity index (χ0v) is 12.5. The van der Waals surface area contributed by atoms with Crippen LogP contribution in [-0.2, 0) is 6.42 Å². The molecule has 3 atom stereocenters. The molecule has 4 nitrogen and oxygen atoms in total. The molecule has 5 heteroatoms. The highest BCUT2D eigenvalue weighted by Crippen LogP contribution is 2.31. The third-order valence-corrected chi connectivity index (χ3v) is 4.26. The molecule has 0 fully saturated rings. The summed E-state index contributed by atoms with van der Waals surface area (Å²) in [5, 5.41) is 15.4. The van der Waals surface area contributed by atoms with Crippen LogP contribution < -0.4 is 10.6 Å². The number of aryl methyl sites for hydroxylation is 1. The molecule has 3 N–H and O–H groups in total. The molecule has 21 heavy (non-hydrogen) atoms. The van der Waals surface area contributed by atoms with Gasteiger partial charge in [0.1, 0.15) is 5.82 Å². The Morgan fingerprint density at radius 1 is 1.52 bits per heavy atom. The minimum atomic E-state index is -0.547. The smallest absolute Gasteiger partial charge is 0.315 e. The SMILES string of the molecule is CCC(C)C(O)CNC(=O)NC1CCc2ccc(F)cc21. The lowest BCUT2D eigenvalue weighted by Crippen LogP contribution is -2.42. The van der Waals surface area contributed by atoms with Crippen LogP contribution >= 0.6 is 0 Å². The summed E-state index contributed by atoms with van der Waals surface area (Å²) in [6.45, 7) is 4.17. The van der Waals surface area contributed by atoms with Crippen molar-refractivity contribution in [2.24, 2.45) is 5.92 Å². The van der Waals surface area contributed by atoms with Crippen molar-refractivity contribution < 1.29 is 14.3 Å². The molecular formula is C16H23FN2O2. The van der Waals surface area contributed by atoms with E-state index in [0.717, 1.165) is 30.4 Å². The average molecular weight is 294 g/mol. The number of rotatable bonds is 5. The standard InChI is InChI=1S/C16H23FN2O2/c1-3-10(2)15(20)9-18-16(21)19-14-7-5-11-4-6-12(17)8-13(11)14/h4,6,8,10,14-15,20H,3,5,7,9H2,1-2H3,(H2,18,19,21). The molecule has 0 bridgehead atoms. The number of urea groups is 1. The molecule has 1 aromatic carbocycles. The van der Waals surface area contributed by atoms with E-state index in [1.165, 1.54) is 12.1 Å². The van der Waals surface area contributed by atoms with E-state index in [9.17, 15) is 14.3 Å². The number of aliphatic hydroxyl groups excluding tert-OH is 1. The Morgan fingerprint density at radius 3 is 3.00 bits per heavy atom. The summed E-state index contributed by atoms with van der Waals surface area (Å²) in [5.41, 5.74) is 1.94. The van der Waals surface area contributed by atoms with Crippen molar-refractivity contribution in [1.82, 2.24) is 10.6 Å². The van der Waals surface area contributed by atoms with E-state index in [1.54, 1.807) is 6.07 Å². The van der Waals surface area contributed by atoms with Crippen molar-refractivity contribution in [3.63, 3.8) is 0 Å². The largest absolute Gasteiger partial charge is 0.391 e. The zero-order chi connectivity index (χ0) is 15.4. The van der Waals surface area contributed by atoms with Crippen molar-refractivity contribution in [2.45, 2.75) is 45.3 Å². The Balaban J connectivity index is 1.86. The van der Waals surface area contributed by atoms with Gasteiger partial charge in [-0.3, -0.25) is 0 Å². The number of nitrogens with one attached hydrogen (secondary N) is 2. The summed E-state index contributed by atoms with van der Waals surface area (Å²) in [5.74, 6) is -0.137. The quantitative estimate of drug-likeness (QED) is 0.781. The van der Waals surface area contributed by atoms with E-state index in [0.29, 0.717) is 0 Å². The Labute approximate surface area is 124 Å². The highest BCUT2D eigenvalue weighted by atomic mass is 19.1. The number of amides is 2. The second kappa shape index (κ2) is 6.89. The number of hydrogen-bond acceptors (Lipinski definition) is 2. The molecular weight excluding hydrogens is 271 g/mol. The maximum absolute atomic E-state index is 13.3. The molecule has 0 spiro atoms. The van der Waals surface area contributed by atoms with Gasteiger partial charge in [0.25, 0.3) is 0 Å². The van der Waals surface area contributed by atoms with Crippen LogP contribution in [0.1, 0.15) is 43.9 Å². The lowest BCUT2D eigenvalue weighted by molar-refractivity contribution is 0.114. The van der Waals surface area contributed by atoms with Gasteiger partial charge in [-0.15, -0.1) is 0 Å². The minimum Gasteiger partial charge on any atom is -0.391 e. The third-order valence-electron chi connectivity index (χ3n) is 4.26. The second-order valence-electron chi connectivity index (χ2n) is 5.74. The van der Waals surface area contributed by atoms with Gasteiger partial charge in [0.15, 0.2) is 0 Å². The zero-order valence-electron chi connectivity index (χ0n) is 12.5. The van der Waals surface area contributed by atoms with Gasteiger partial charge in [-0.25, -0.2) is 9.18 Å². The van der Waals surface area contributed by atoms with Gasteiger partial charge in [0, 0.05) is 6.54 Å². The van der Waals surface area contributed by atoms with Crippen LogP contribution in [0.2, 0.25) is 0 Å². The molecule has 0 aromatic heterocycles. The van der Waals surface area contributed by atoms with Crippen LogP contribution in [0.15, 0.2) is 18.2 Å². The van der Waals surface area contributed by atoms with Crippen molar-refractivity contribution in [3.05, 3.63) is 35.1 Å². The predicted octanol–water partition coefficient (Wildman–Crippen LogP) is 2.52. The molecule has 116 valence electrons. The summed E-state index contributed by atoms with van der Waals surface area (Å²) in [4.78, 5) is 11.9. The fourth-order valence-electron chi connectivity index (χ4n) is 2.60. The molecule has 2 rings (SSSR count). The Kier molecular flexibility index (Phi) is 5.17. The Hall–Kier alpha value is -1.62. The van der Waals surface area contributed by atoms with Gasteiger partial charge >= 0.3 is 6.03 Å². The normalized spacial score (nSPS) is 19.7. The van der Waals surface area contributed by atoms with Crippen molar-refractivity contribution in [1.29, 1.82) is 0 Å². The molecule has 0 heterocycles. The molecule has 0 radical (unpaired) electrons. The third kappa shape index (κ3) is 3.94. The lowest BCUT2D eigenvalue weighted by atomic mass is 10.0. The van der Waals surface area contributed by atoms with Gasteiger partial charge in [0.05, 0.1) is 12.1 Å². The van der Waals surface area contributed by atoms with Gasteiger partial charge < -0.3 is 15.7 Å². The topological polar surface area (TPSA) is 61.4 Å². The van der Waals surface area contributed by atoms with Gasteiger partial charge in [-0.05, 0) is 42.0 Å². The predicted molar refractivity (Wildman–Crippen MR) is 79.5 cm³/mol. The number of fused-ring (bicyclic) bond motifs is 1. The molecule has 3 unspecified atom stereocenters. The first-order valence-corrected chi connectivity index (χ1v) is 7.52. The number of halogens is 1. The van der Waals surface area contributed by atoms with Crippen LogP contribution in [0.4, 0.5) is 9.18 Å². The lowest BCUT2D eigenvalue weighted by Gasteiger charge is -2.19. The first-order valence-electron chi connectivity index (χ1n) is 7.52. The maximum Gasteiger partial charge on any atom is 0.315 e. The van der Waals surface area contributed by atoms with Gasteiger partial charge in [-0.2, -0.15) is 0 Å². The van der Waals surface area contributed by atoms with Crippen molar-refractivity contribution in [3.8, 4) is 0 Å². The first kappa shape index (κ1) is 15.8. The Morgan fingerprint density at radius 2 is 2.29 bits per heavy atom. The number of hydrogen-bond donors (Lipinski definition) is 3. The monoisotopic (exact) mass is 294 g/mol. The van der Waals surface area contributed by atoms with Crippen LogP contribution in [0.25, 0.3) is 0 Å². The van der Waals surface area contributed by atoms with E-state index in [4.69, 9.17) is 0 Å². The minimum absolute atomic E-state index is 0.145. The maximum atomic E-state index is 13.3. The number of aliphatic hydroxyl groups is 1. The van der Waals surface area contributed by atoms with Gasteiger partial charge in [0.2, 0.25) is 0 Å². The molecule has 1 aliphatic rings. The molecule has 2 amide bonds. The van der Waals surface area contributed by atoms with Crippen LogP contribution in [0.5, 0.6) is 0 Å².